The SMILES string of the molecule is O=C(c1ccn(COc2ccc(F)cc2F)n1)N1CCN(Cc2ccc(Cl)cc2)CC1. The number of nitrogens with zero attached hydrogens (tertiary/aromatic N) is 4. The van der Waals surface area contributed by atoms with Crippen molar-refractivity contribution >= 4 is 17.5 Å². The summed E-state index contributed by atoms with van der Waals surface area (Å²) >= 11 is 5.93. The maximum absolute atomic E-state index is 13.7. The molecule has 0 spiro atoms. The van der Waals surface area contributed by atoms with Crippen molar-refractivity contribution in [2.45, 2.75) is 13.3 Å². The van der Waals surface area contributed by atoms with Gasteiger partial charge in [-0.05, 0) is 35.9 Å². The molecule has 1 aliphatic heterocycles. The maximum atomic E-state index is 13.7. The number of amides is 1. The van der Waals surface area contributed by atoms with Crippen LogP contribution in [0, 0.1) is 11.6 Å². The van der Waals surface area contributed by atoms with Crippen LogP contribution in [0.4, 0.5) is 8.78 Å². The summed E-state index contributed by atoms with van der Waals surface area (Å²) in [5.41, 5.74) is 1.48. The molecule has 9 heteroatoms. The highest BCUT2D eigenvalue weighted by molar-refractivity contribution is 6.30. The lowest BCUT2D eigenvalue weighted by molar-refractivity contribution is 0.0620. The molecule has 0 aliphatic carbocycles. The van der Waals surface area contributed by atoms with Crippen LogP contribution in [0.15, 0.2) is 54.7 Å². The molecular formula is C22H21ClF2N4O2. The number of benzene rings is 2. The molecule has 1 aromatic heterocycles. The van der Waals surface area contributed by atoms with Crippen molar-refractivity contribution in [2.75, 3.05) is 26.2 Å². The predicted molar refractivity (Wildman–Crippen MR) is 112 cm³/mol. The second kappa shape index (κ2) is 9.45. The van der Waals surface area contributed by atoms with Gasteiger partial charge < -0.3 is 9.64 Å². The largest absolute Gasteiger partial charge is 0.468 e. The van der Waals surface area contributed by atoms with E-state index in [2.05, 4.69) is 10.00 Å². The summed E-state index contributed by atoms with van der Waals surface area (Å²) in [4.78, 5) is 16.8. The molecule has 1 fully saturated rings. The summed E-state index contributed by atoms with van der Waals surface area (Å²) < 4.78 is 33.3. The molecule has 6 nitrogen and oxygen atoms in total. The van der Waals surface area contributed by atoms with Crippen molar-refractivity contribution in [3.63, 3.8) is 0 Å². The fourth-order valence-electron chi connectivity index (χ4n) is 3.39. The van der Waals surface area contributed by atoms with Crippen LogP contribution in [0.25, 0.3) is 0 Å². The summed E-state index contributed by atoms with van der Waals surface area (Å²) in [5.74, 6) is -1.70. The first-order chi connectivity index (χ1) is 15.0. The lowest BCUT2D eigenvalue weighted by Crippen LogP contribution is -2.48. The van der Waals surface area contributed by atoms with Crippen LogP contribution in [0.5, 0.6) is 5.75 Å². The Balaban J connectivity index is 1.28. The van der Waals surface area contributed by atoms with E-state index in [1.807, 2.05) is 24.3 Å². The second-order valence-corrected chi connectivity index (χ2v) is 7.72. The Hall–Kier alpha value is -2.97. The van der Waals surface area contributed by atoms with E-state index in [4.69, 9.17) is 16.3 Å². The van der Waals surface area contributed by atoms with Gasteiger partial charge in [-0.2, -0.15) is 5.10 Å². The zero-order chi connectivity index (χ0) is 21.8. The van der Waals surface area contributed by atoms with Gasteiger partial charge in [-0.25, -0.2) is 13.5 Å². The third-order valence-electron chi connectivity index (χ3n) is 5.08. The Kier molecular flexibility index (Phi) is 6.48. The second-order valence-electron chi connectivity index (χ2n) is 7.28. The normalized spacial score (nSPS) is 14.6. The standard InChI is InChI=1S/C22H21ClF2N4O2/c23-17-3-1-16(2-4-17)14-27-9-11-28(12-10-27)22(30)20-7-8-29(26-20)15-31-21-6-5-18(24)13-19(21)25/h1-8,13H,9-12,14-15H2. The van der Waals surface area contributed by atoms with Crippen molar-refractivity contribution in [1.29, 1.82) is 0 Å². The number of hydrogen-bond donors (Lipinski definition) is 0. The van der Waals surface area contributed by atoms with Crippen LogP contribution in [0.1, 0.15) is 16.1 Å². The first-order valence-corrected chi connectivity index (χ1v) is 10.2. The fourth-order valence-corrected chi connectivity index (χ4v) is 3.52. The van der Waals surface area contributed by atoms with Gasteiger partial charge in [0.1, 0.15) is 5.82 Å². The van der Waals surface area contributed by atoms with E-state index in [1.165, 1.54) is 16.3 Å². The average molecular weight is 447 g/mol. The highest BCUT2D eigenvalue weighted by atomic mass is 35.5. The van der Waals surface area contributed by atoms with Crippen LogP contribution in [-0.2, 0) is 13.3 Å². The van der Waals surface area contributed by atoms with E-state index < -0.39 is 11.6 Å². The third kappa shape index (κ3) is 5.39. The Morgan fingerprint density at radius 1 is 1.03 bits per heavy atom. The number of carbonyl (C=O) groups is 1. The summed E-state index contributed by atoms with van der Waals surface area (Å²) in [6.07, 6.45) is 1.59. The van der Waals surface area contributed by atoms with Gasteiger partial charge in [-0.15, -0.1) is 0 Å². The number of piperazine rings is 1. The van der Waals surface area contributed by atoms with E-state index in [-0.39, 0.29) is 18.4 Å². The highest BCUT2D eigenvalue weighted by Gasteiger charge is 2.23. The smallest absolute Gasteiger partial charge is 0.274 e. The Morgan fingerprint density at radius 2 is 1.77 bits per heavy atom. The molecule has 31 heavy (non-hydrogen) atoms. The highest BCUT2D eigenvalue weighted by Crippen LogP contribution is 2.18. The Labute approximate surface area is 183 Å². The monoisotopic (exact) mass is 446 g/mol. The van der Waals surface area contributed by atoms with E-state index in [1.54, 1.807) is 17.2 Å². The quantitative estimate of drug-likeness (QED) is 0.578. The average Bonchev–Trinajstić information content (AvgIpc) is 3.24. The zero-order valence-corrected chi connectivity index (χ0v) is 17.4. The van der Waals surface area contributed by atoms with Gasteiger partial charge in [0.2, 0.25) is 0 Å². The van der Waals surface area contributed by atoms with Crippen LogP contribution in [0.2, 0.25) is 5.02 Å². The summed E-state index contributed by atoms with van der Waals surface area (Å²) in [6, 6.07) is 12.4. The van der Waals surface area contributed by atoms with Crippen LogP contribution < -0.4 is 4.74 Å². The van der Waals surface area contributed by atoms with Crippen molar-refractivity contribution < 1.29 is 18.3 Å². The molecule has 2 heterocycles. The lowest BCUT2D eigenvalue weighted by Gasteiger charge is -2.34. The summed E-state index contributed by atoms with van der Waals surface area (Å²) in [7, 11) is 0. The third-order valence-corrected chi connectivity index (χ3v) is 5.34. The van der Waals surface area contributed by atoms with Crippen molar-refractivity contribution in [3.05, 3.63) is 82.6 Å². The van der Waals surface area contributed by atoms with Crippen LogP contribution in [-0.4, -0.2) is 51.7 Å². The molecule has 0 bridgehead atoms. The van der Waals surface area contributed by atoms with E-state index in [0.717, 1.165) is 31.8 Å². The van der Waals surface area contributed by atoms with Crippen LogP contribution >= 0.6 is 11.6 Å². The molecule has 0 saturated carbocycles. The van der Waals surface area contributed by atoms with Gasteiger partial charge in [0.05, 0.1) is 0 Å². The molecule has 1 aliphatic rings. The summed E-state index contributed by atoms with van der Waals surface area (Å²) in [6.45, 7) is 3.47. The van der Waals surface area contributed by atoms with Gasteiger partial charge in [0.15, 0.2) is 24.0 Å². The molecule has 1 saturated heterocycles. The molecule has 1 amide bonds. The van der Waals surface area contributed by atoms with Crippen molar-refractivity contribution in [3.8, 4) is 5.75 Å². The van der Waals surface area contributed by atoms with Crippen LogP contribution in [0.3, 0.4) is 0 Å². The Bertz CT molecular complexity index is 1050. The number of aromatic nitrogens is 2. The fraction of sp³-hybridized carbons (Fsp3) is 0.273. The topological polar surface area (TPSA) is 50.6 Å². The number of carbonyl (C=O) groups excluding carboxylic acids is 1. The van der Waals surface area contributed by atoms with E-state index in [9.17, 15) is 13.6 Å². The molecule has 0 atom stereocenters. The molecule has 4 rings (SSSR count). The molecule has 0 radical (unpaired) electrons. The zero-order valence-electron chi connectivity index (χ0n) is 16.7. The number of rotatable bonds is 6. The molecule has 162 valence electrons. The van der Waals surface area contributed by atoms with Gasteiger partial charge >= 0.3 is 0 Å². The Morgan fingerprint density at radius 3 is 2.48 bits per heavy atom. The molecule has 3 aromatic rings. The molecule has 2 aromatic carbocycles. The molecule has 0 N–H and O–H groups in total. The van der Waals surface area contributed by atoms with E-state index >= 15 is 0 Å². The minimum absolute atomic E-state index is 0.0819. The number of ether oxygens (including phenoxy) is 1. The van der Waals surface area contributed by atoms with Crippen molar-refractivity contribution in [2.24, 2.45) is 0 Å². The van der Waals surface area contributed by atoms with Gasteiger partial charge in [0.25, 0.3) is 5.91 Å². The van der Waals surface area contributed by atoms with E-state index in [0.29, 0.717) is 23.8 Å². The molecular weight excluding hydrogens is 426 g/mol. The van der Waals surface area contributed by atoms with Gasteiger partial charge in [0, 0.05) is 50.0 Å². The van der Waals surface area contributed by atoms with Gasteiger partial charge in [-0.3, -0.25) is 9.69 Å². The lowest BCUT2D eigenvalue weighted by atomic mass is 10.2. The van der Waals surface area contributed by atoms with Crippen molar-refractivity contribution in [1.82, 2.24) is 19.6 Å². The predicted octanol–water partition coefficient (Wildman–Crippen LogP) is 3.81. The first-order valence-electron chi connectivity index (χ1n) is 9.85. The molecule has 0 unspecified atom stereocenters. The number of hydrogen-bond acceptors (Lipinski definition) is 4. The number of halogens is 3. The first kappa shape index (κ1) is 21.3. The maximum Gasteiger partial charge on any atom is 0.274 e. The minimum atomic E-state index is -0.792. The van der Waals surface area contributed by atoms with Gasteiger partial charge in [-0.1, -0.05) is 23.7 Å². The minimum Gasteiger partial charge on any atom is -0.468 e. The summed E-state index contributed by atoms with van der Waals surface area (Å²) in [5, 5.41) is 4.94.